The lowest BCUT2D eigenvalue weighted by atomic mass is 9.97. The number of benzene rings is 1. The highest BCUT2D eigenvalue weighted by atomic mass is 35.5. The van der Waals surface area contributed by atoms with Gasteiger partial charge in [-0.2, -0.15) is 4.98 Å². The third-order valence-electron chi connectivity index (χ3n) is 3.65. The van der Waals surface area contributed by atoms with Crippen LogP contribution >= 0.6 is 11.6 Å². The van der Waals surface area contributed by atoms with Crippen LogP contribution in [-0.4, -0.2) is 33.7 Å². The molecule has 0 fully saturated rings. The molecule has 0 amide bonds. The SMILES string of the molecule is CCC(c1nc(-c2ccc(OC)cc2)no1)(C(Cl)OC(C)=O)[N+](=O)[O-]. The summed E-state index contributed by atoms with van der Waals surface area (Å²) in [4.78, 5) is 26.3. The van der Waals surface area contributed by atoms with Gasteiger partial charge in [0, 0.05) is 23.8 Å². The number of rotatable bonds is 7. The highest BCUT2D eigenvalue weighted by Crippen LogP contribution is 2.36. The summed E-state index contributed by atoms with van der Waals surface area (Å²) in [5, 5.41) is 15.5. The number of nitro groups is 1. The molecule has 0 bridgehead atoms. The number of carbonyl (C=O) groups is 1. The molecule has 0 aliphatic heterocycles. The average molecular weight is 370 g/mol. The third-order valence-corrected chi connectivity index (χ3v) is 4.10. The van der Waals surface area contributed by atoms with Crippen LogP contribution in [0.15, 0.2) is 28.8 Å². The summed E-state index contributed by atoms with van der Waals surface area (Å²) < 4.78 is 15.0. The Kier molecular flexibility index (Phi) is 5.58. The van der Waals surface area contributed by atoms with Crippen molar-refractivity contribution in [3.63, 3.8) is 0 Å². The molecule has 2 aromatic rings. The molecule has 2 unspecified atom stereocenters. The molecule has 0 saturated carbocycles. The van der Waals surface area contributed by atoms with Gasteiger partial charge < -0.3 is 14.0 Å². The smallest absolute Gasteiger partial charge is 0.348 e. The van der Waals surface area contributed by atoms with E-state index in [-0.39, 0.29) is 18.1 Å². The van der Waals surface area contributed by atoms with E-state index in [9.17, 15) is 14.9 Å². The maximum absolute atomic E-state index is 11.7. The van der Waals surface area contributed by atoms with Crippen molar-refractivity contribution in [2.75, 3.05) is 7.11 Å². The Morgan fingerprint density at radius 1 is 1.44 bits per heavy atom. The Morgan fingerprint density at radius 2 is 2.08 bits per heavy atom. The van der Waals surface area contributed by atoms with E-state index in [0.29, 0.717) is 11.3 Å². The number of nitrogens with zero attached hydrogens (tertiary/aromatic N) is 3. The van der Waals surface area contributed by atoms with E-state index in [2.05, 4.69) is 10.1 Å². The zero-order chi connectivity index (χ0) is 18.6. The first-order chi connectivity index (χ1) is 11.8. The second-order valence-electron chi connectivity index (χ2n) is 5.11. The Bertz CT molecular complexity index is 763. The lowest BCUT2D eigenvalue weighted by Gasteiger charge is -2.24. The summed E-state index contributed by atoms with van der Waals surface area (Å²) in [7, 11) is 1.53. The van der Waals surface area contributed by atoms with Gasteiger partial charge >= 0.3 is 17.4 Å². The van der Waals surface area contributed by atoms with Gasteiger partial charge in [-0.25, -0.2) is 0 Å². The number of ether oxygens (including phenoxy) is 2. The molecule has 0 radical (unpaired) electrons. The van der Waals surface area contributed by atoms with Crippen molar-refractivity contribution in [1.29, 1.82) is 0 Å². The average Bonchev–Trinajstić information content (AvgIpc) is 3.05. The van der Waals surface area contributed by atoms with Crippen molar-refractivity contribution in [3.8, 4) is 17.1 Å². The first kappa shape index (κ1) is 18.7. The summed E-state index contributed by atoms with van der Waals surface area (Å²) in [5.41, 5.74) is -3.08. The van der Waals surface area contributed by atoms with E-state index >= 15 is 0 Å². The Labute approximate surface area is 148 Å². The molecule has 9 nitrogen and oxygen atoms in total. The fourth-order valence-corrected chi connectivity index (χ4v) is 2.65. The number of methoxy groups -OCH3 is 1. The van der Waals surface area contributed by atoms with E-state index in [1.807, 2.05) is 0 Å². The standard InChI is InChI=1S/C15H16ClN3O6/c1-4-15(19(21)22,13(16)24-9(2)20)14-17-12(18-25-14)10-5-7-11(23-3)8-6-10/h5-8,13H,4H2,1-3H3. The predicted octanol–water partition coefficient (Wildman–Crippen LogP) is 2.76. The van der Waals surface area contributed by atoms with Gasteiger partial charge in [0.25, 0.3) is 5.56 Å². The molecule has 0 N–H and O–H groups in total. The number of halogens is 1. The van der Waals surface area contributed by atoms with Gasteiger partial charge in [0.2, 0.25) is 5.82 Å². The minimum atomic E-state index is -2.05. The van der Waals surface area contributed by atoms with Crippen LogP contribution in [0.4, 0.5) is 0 Å². The van der Waals surface area contributed by atoms with Gasteiger partial charge in [0.05, 0.1) is 7.11 Å². The normalized spacial score (nSPS) is 14.4. The second kappa shape index (κ2) is 7.47. The quantitative estimate of drug-likeness (QED) is 0.316. The van der Waals surface area contributed by atoms with Crippen LogP contribution in [-0.2, 0) is 15.1 Å². The van der Waals surface area contributed by atoms with Crippen molar-refractivity contribution < 1.29 is 23.7 Å². The van der Waals surface area contributed by atoms with Crippen molar-refractivity contribution in [2.45, 2.75) is 31.4 Å². The third kappa shape index (κ3) is 3.55. The zero-order valence-electron chi connectivity index (χ0n) is 13.8. The lowest BCUT2D eigenvalue weighted by Crippen LogP contribution is -2.45. The second-order valence-corrected chi connectivity index (χ2v) is 5.51. The molecule has 2 atom stereocenters. The summed E-state index contributed by atoms with van der Waals surface area (Å²) in [5.74, 6) is -0.318. The van der Waals surface area contributed by atoms with Crippen molar-refractivity contribution in [2.24, 2.45) is 0 Å². The predicted molar refractivity (Wildman–Crippen MR) is 86.7 cm³/mol. The van der Waals surface area contributed by atoms with Gasteiger partial charge in [-0.05, 0) is 24.3 Å². The number of aromatic nitrogens is 2. The van der Waals surface area contributed by atoms with Crippen LogP contribution in [0, 0.1) is 10.1 Å². The lowest BCUT2D eigenvalue weighted by molar-refractivity contribution is -0.592. The van der Waals surface area contributed by atoms with E-state index < -0.39 is 22.0 Å². The summed E-state index contributed by atoms with van der Waals surface area (Å²) >= 11 is 5.99. The fourth-order valence-electron chi connectivity index (χ4n) is 2.20. The number of carbonyl (C=O) groups excluding carboxylic acids is 1. The first-order valence-electron chi connectivity index (χ1n) is 7.29. The largest absolute Gasteiger partial charge is 0.497 e. The summed E-state index contributed by atoms with van der Waals surface area (Å²) in [6.45, 7) is 2.62. The topological polar surface area (TPSA) is 118 Å². The van der Waals surface area contributed by atoms with Crippen LogP contribution in [0.2, 0.25) is 0 Å². The molecular weight excluding hydrogens is 354 g/mol. The van der Waals surface area contributed by atoms with Gasteiger partial charge in [-0.3, -0.25) is 14.9 Å². The number of alkyl halides is 1. The number of hydrogen-bond acceptors (Lipinski definition) is 8. The molecular formula is C15H16ClN3O6. The number of hydrogen-bond donors (Lipinski definition) is 0. The summed E-state index contributed by atoms with van der Waals surface area (Å²) in [6, 6.07) is 6.74. The molecule has 2 rings (SSSR count). The van der Waals surface area contributed by atoms with Crippen molar-refractivity contribution >= 4 is 17.6 Å². The maximum Gasteiger partial charge on any atom is 0.348 e. The van der Waals surface area contributed by atoms with Crippen LogP contribution in [0.25, 0.3) is 11.4 Å². The molecule has 10 heteroatoms. The fraction of sp³-hybridized carbons (Fsp3) is 0.400. The van der Waals surface area contributed by atoms with E-state index in [1.54, 1.807) is 24.3 Å². The van der Waals surface area contributed by atoms with Crippen molar-refractivity contribution in [1.82, 2.24) is 10.1 Å². The van der Waals surface area contributed by atoms with Crippen molar-refractivity contribution in [3.05, 3.63) is 40.3 Å². The Balaban J connectivity index is 2.43. The van der Waals surface area contributed by atoms with Gasteiger partial charge in [-0.15, -0.1) is 0 Å². The number of esters is 1. The molecule has 0 aliphatic rings. The van der Waals surface area contributed by atoms with E-state index in [4.69, 9.17) is 25.6 Å². The van der Waals surface area contributed by atoms with Gasteiger partial charge in [0.1, 0.15) is 5.75 Å². The minimum Gasteiger partial charge on any atom is -0.497 e. The highest BCUT2D eigenvalue weighted by Gasteiger charge is 2.57. The van der Waals surface area contributed by atoms with E-state index in [1.165, 1.54) is 14.0 Å². The minimum absolute atomic E-state index is 0.119. The monoisotopic (exact) mass is 369 g/mol. The van der Waals surface area contributed by atoms with Crippen LogP contribution in [0.5, 0.6) is 5.75 Å². The first-order valence-corrected chi connectivity index (χ1v) is 7.73. The van der Waals surface area contributed by atoms with Crippen LogP contribution in [0.3, 0.4) is 0 Å². The maximum atomic E-state index is 11.7. The molecule has 1 aromatic carbocycles. The Morgan fingerprint density at radius 3 is 2.56 bits per heavy atom. The zero-order valence-corrected chi connectivity index (χ0v) is 14.5. The van der Waals surface area contributed by atoms with Crippen LogP contribution in [0.1, 0.15) is 26.2 Å². The van der Waals surface area contributed by atoms with E-state index in [0.717, 1.165) is 6.92 Å². The van der Waals surface area contributed by atoms with Gasteiger partial charge in [0.15, 0.2) is 0 Å². The molecule has 1 aromatic heterocycles. The molecule has 0 spiro atoms. The molecule has 0 saturated heterocycles. The molecule has 25 heavy (non-hydrogen) atoms. The molecule has 1 heterocycles. The molecule has 0 aliphatic carbocycles. The van der Waals surface area contributed by atoms with Crippen LogP contribution < -0.4 is 4.74 Å². The Hall–Kier alpha value is -2.68. The molecule has 134 valence electrons. The summed E-state index contributed by atoms with van der Waals surface area (Å²) in [6.07, 6.45) is -0.119. The highest BCUT2D eigenvalue weighted by molar-refractivity contribution is 6.20. The van der Waals surface area contributed by atoms with Gasteiger partial charge in [-0.1, -0.05) is 23.7 Å².